The lowest BCUT2D eigenvalue weighted by atomic mass is 10.1. The molecule has 0 bridgehead atoms. The predicted octanol–water partition coefficient (Wildman–Crippen LogP) is 2.75. The van der Waals surface area contributed by atoms with Gasteiger partial charge in [-0.15, -0.1) is 0 Å². The Hall–Kier alpha value is -1.33. The van der Waals surface area contributed by atoms with E-state index in [4.69, 9.17) is 0 Å². The zero-order chi connectivity index (χ0) is 13.0. The third kappa shape index (κ3) is 2.91. The molecule has 0 aliphatic rings. The first-order valence-corrected chi connectivity index (χ1v) is 6.61. The van der Waals surface area contributed by atoms with Crippen molar-refractivity contribution in [1.82, 2.24) is 15.0 Å². The van der Waals surface area contributed by atoms with E-state index in [9.17, 15) is 5.11 Å². The van der Waals surface area contributed by atoms with Crippen molar-refractivity contribution < 1.29 is 5.11 Å². The van der Waals surface area contributed by atoms with Crippen LogP contribution in [0.25, 0.3) is 11.5 Å². The first kappa shape index (κ1) is 13.1. The van der Waals surface area contributed by atoms with Gasteiger partial charge in [-0.2, -0.15) is 0 Å². The summed E-state index contributed by atoms with van der Waals surface area (Å²) in [4.78, 5) is 13.0. The van der Waals surface area contributed by atoms with Gasteiger partial charge in [0.15, 0.2) is 5.82 Å². The predicted molar refractivity (Wildman–Crippen MR) is 72.9 cm³/mol. The molecule has 0 unspecified atom stereocenters. The van der Waals surface area contributed by atoms with E-state index in [1.165, 1.54) is 0 Å². The van der Waals surface area contributed by atoms with Crippen molar-refractivity contribution in [3.8, 4) is 11.5 Å². The van der Waals surface area contributed by atoms with Gasteiger partial charge in [0.05, 0.1) is 12.3 Å². The van der Waals surface area contributed by atoms with Crippen molar-refractivity contribution in [2.24, 2.45) is 0 Å². The minimum absolute atomic E-state index is 0.0244. The fraction of sp³-hybridized carbons (Fsp3) is 0.308. The molecule has 4 nitrogen and oxygen atoms in total. The molecule has 1 N–H and O–H groups in total. The minimum atomic E-state index is -0.0244. The molecule has 5 heteroatoms. The number of hydrogen-bond donors (Lipinski definition) is 1. The summed E-state index contributed by atoms with van der Waals surface area (Å²) >= 11 is 3.34. The van der Waals surface area contributed by atoms with Crippen LogP contribution in [0.1, 0.15) is 24.6 Å². The van der Waals surface area contributed by atoms with Gasteiger partial charge in [-0.1, -0.05) is 13.3 Å². The highest BCUT2D eigenvalue weighted by atomic mass is 79.9. The van der Waals surface area contributed by atoms with Crippen LogP contribution in [-0.4, -0.2) is 20.1 Å². The smallest absolute Gasteiger partial charge is 0.178 e. The topological polar surface area (TPSA) is 58.9 Å². The van der Waals surface area contributed by atoms with E-state index in [-0.39, 0.29) is 6.61 Å². The maximum absolute atomic E-state index is 9.24. The summed E-state index contributed by atoms with van der Waals surface area (Å²) in [7, 11) is 0. The molecule has 0 radical (unpaired) electrons. The van der Waals surface area contributed by atoms with Gasteiger partial charge in [0.2, 0.25) is 0 Å². The van der Waals surface area contributed by atoms with E-state index < -0.39 is 0 Å². The largest absolute Gasteiger partial charge is 0.392 e. The van der Waals surface area contributed by atoms with Crippen LogP contribution in [0.15, 0.2) is 29.0 Å². The molecule has 0 atom stereocenters. The van der Waals surface area contributed by atoms with Crippen molar-refractivity contribution in [2.75, 3.05) is 0 Å². The number of rotatable bonds is 4. The fourth-order valence-electron chi connectivity index (χ4n) is 1.66. The van der Waals surface area contributed by atoms with E-state index in [2.05, 4.69) is 37.8 Å². The Kier molecular flexibility index (Phi) is 4.38. The SMILES string of the molecule is CCCc1nc(-c2ccc(Br)cn2)ncc1CO. The number of aliphatic hydroxyl groups is 1. The summed E-state index contributed by atoms with van der Waals surface area (Å²) in [6.45, 7) is 2.06. The number of aryl methyl sites for hydroxylation is 1. The number of aromatic nitrogens is 3. The number of nitrogens with zero attached hydrogens (tertiary/aromatic N) is 3. The van der Waals surface area contributed by atoms with Crippen molar-refractivity contribution in [3.63, 3.8) is 0 Å². The van der Waals surface area contributed by atoms with Crippen LogP contribution >= 0.6 is 15.9 Å². The quantitative estimate of drug-likeness (QED) is 0.943. The molecule has 0 aromatic carbocycles. The molecule has 0 aliphatic heterocycles. The molecule has 0 saturated heterocycles. The molecule has 2 heterocycles. The van der Waals surface area contributed by atoms with E-state index in [0.29, 0.717) is 5.82 Å². The Labute approximate surface area is 114 Å². The van der Waals surface area contributed by atoms with Crippen LogP contribution in [0.4, 0.5) is 0 Å². The molecule has 0 fully saturated rings. The van der Waals surface area contributed by atoms with Crippen molar-refractivity contribution in [1.29, 1.82) is 0 Å². The standard InChI is InChI=1S/C13H14BrN3O/c1-2-3-11-9(8-18)6-16-13(17-11)12-5-4-10(14)7-15-12/h4-7,18H,2-3,8H2,1H3. The highest BCUT2D eigenvalue weighted by Gasteiger charge is 2.08. The summed E-state index contributed by atoms with van der Waals surface area (Å²) in [6, 6.07) is 3.78. The Bertz CT molecular complexity index is 528. The van der Waals surface area contributed by atoms with E-state index in [1.807, 2.05) is 12.1 Å². The fourth-order valence-corrected chi connectivity index (χ4v) is 1.89. The van der Waals surface area contributed by atoms with E-state index in [0.717, 1.165) is 34.3 Å². The molecule has 2 rings (SSSR count). The van der Waals surface area contributed by atoms with Crippen LogP contribution in [0.3, 0.4) is 0 Å². The molecule has 0 amide bonds. The second-order valence-corrected chi connectivity index (χ2v) is 4.85. The van der Waals surface area contributed by atoms with Gasteiger partial charge in [0, 0.05) is 22.4 Å². The number of hydrogen-bond acceptors (Lipinski definition) is 4. The maximum Gasteiger partial charge on any atom is 0.178 e. The van der Waals surface area contributed by atoms with Crippen LogP contribution < -0.4 is 0 Å². The summed E-state index contributed by atoms with van der Waals surface area (Å²) < 4.78 is 0.923. The monoisotopic (exact) mass is 307 g/mol. The first-order valence-electron chi connectivity index (χ1n) is 5.82. The average Bonchev–Trinajstić information content (AvgIpc) is 2.40. The second-order valence-electron chi connectivity index (χ2n) is 3.94. The molecular weight excluding hydrogens is 294 g/mol. The van der Waals surface area contributed by atoms with Gasteiger partial charge in [0.25, 0.3) is 0 Å². The molecular formula is C13H14BrN3O. The Morgan fingerprint density at radius 1 is 1.22 bits per heavy atom. The molecule has 2 aromatic rings. The highest BCUT2D eigenvalue weighted by molar-refractivity contribution is 9.10. The molecule has 0 saturated carbocycles. The van der Waals surface area contributed by atoms with E-state index >= 15 is 0 Å². The summed E-state index contributed by atoms with van der Waals surface area (Å²) in [5.74, 6) is 0.600. The maximum atomic E-state index is 9.24. The zero-order valence-electron chi connectivity index (χ0n) is 10.1. The Balaban J connectivity index is 2.39. The van der Waals surface area contributed by atoms with Gasteiger partial charge in [-0.3, -0.25) is 4.98 Å². The van der Waals surface area contributed by atoms with E-state index in [1.54, 1.807) is 12.4 Å². The normalized spacial score (nSPS) is 10.6. The number of aliphatic hydroxyl groups excluding tert-OH is 1. The number of pyridine rings is 1. The van der Waals surface area contributed by atoms with Crippen molar-refractivity contribution in [2.45, 2.75) is 26.4 Å². The lowest BCUT2D eigenvalue weighted by Crippen LogP contribution is -2.02. The molecule has 18 heavy (non-hydrogen) atoms. The third-order valence-corrected chi connectivity index (χ3v) is 3.04. The van der Waals surface area contributed by atoms with Crippen LogP contribution in [-0.2, 0) is 13.0 Å². The average molecular weight is 308 g/mol. The molecule has 0 aliphatic carbocycles. The van der Waals surface area contributed by atoms with Gasteiger partial charge >= 0.3 is 0 Å². The Morgan fingerprint density at radius 2 is 2.06 bits per heavy atom. The summed E-state index contributed by atoms with van der Waals surface area (Å²) in [5.41, 5.74) is 2.42. The zero-order valence-corrected chi connectivity index (χ0v) is 11.7. The second kappa shape index (κ2) is 6.02. The minimum Gasteiger partial charge on any atom is -0.392 e. The first-order chi connectivity index (χ1) is 8.74. The van der Waals surface area contributed by atoms with Gasteiger partial charge in [0.1, 0.15) is 5.69 Å². The van der Waals surface area contributed by atoms with Crippen LogP contribution in [0.2, 0.25) is 0 Å². The third-order valence-electron chi connectivity index (χ3n) is 2.57. The molecule has 0 spiro atoms. The summed E-state index contributed by atoms with van der Waals surface area (Å²) in [5, 5.41) is 9.24. The Morgan fingerprint density at radius 3 is 2.67 bits per heavy atom. The van der Waals surface area contributed by atoms with Gasteiger partial charge in [-0.05, 0) is 34.5 Å². The van der Waals surface area contributed by atoms with Crippen LogP contribution in [0, 0.1) is 0 Å². The van der Waals surface area contributed by atoms with Gasteiger partial charge in [-0.25, -0.2) is 9.97 Å². The lowest BCUT2D eigenvalue weighted by Gasteiger charge is -2.07. The lowest BCUT2D eigenvalue weighted by molar-refractivity contribution is 0.279. The highest BCUT2D eigenvalue weighted by Crippen LogP contribution is 2.17. The van der Waals surface area contributed by atoms with Crippen molar-refractivity contribution in [3.05, 3.63) is 40.3 Å². The van der Waals surface area contributed by atoms with Crippen molar-refractivity contribution >= 4 is 15.9 Å². The number of halogens is 1. The van der Waals surface area contributed by atoms with Crippen LogP contribution in [0.5, 0.6) is 0 Å². The van der Waals surface area contributed by atoms with Gasteiger partial charge < -0.3 is 5.11 Å². The molecule has 2 aromatic heterocycles. The summed E-state index contributed by atoms with van der Waals surface area (Å²) in [6.07, 6.45) is 5.22. The molecule has 94 valence electrons.